The molecule has 1 aromatic heterocycles. The van der Waals surface area contributed by atoms with Gasteiger partial charge in [0.1, 0.15) is 0 Å². The van der Waals surface area contributed by atoms with Crippen LogP contribution in [0, 0.1) is 6.92 Å². The van der Waals surface area contributed by atoms with Crippen molar-refractivity contribution in [1.82, 2.24) is 14.8 Å². The first-order chi connectivity index (χ1) is 9.39. The Hall–Kier alpha value is -1.44. The summed E-state index contributed by atoms with van der Waals surface area (Å²) in [5.74, 6) is 0.449. The zero-order valence-corrected chi connectivity index (χ0v) is 12.3. The van der Waals surface area contributed by atoms with Crippen molar-refractivity contribution in [3.05, 3.63) is 28.8 Å². The fraction of sp³-hybridized carbons (Fsp3) is 0.333. The average Bonchev–Trinajstić information content (AvgIpc) is 3.10. The summed E-state index contributed by atoms with van der Waals surface area (Å²) in [6.07, 6.45) is 1.77. The van der Waals surface area contributed by atoms with Crippen LogP contribution in [-0.4, -0.2) is 23.2 Å². The van der Waals surface area contributed by atoms with E-state index in [1.807, 2.05) is 19.1 Å². The first kappa shape index (κ1) is 13.5. The van der Waals surface area contributed by atoms with Crippen LogP contribution in [0.5, 0.6) is 0 Å². The van der Waals surface area contributed by atoms with Gasteiger partial charge in [-0.3, -0.25) is 4.57 Å². The van der Waals surface area contributed by atoms with E-state index in [1.165, 1.54) is 0 Å². The Morgan fingerprint density at radius 3 is 2.65 bits per heavy atom. The minimum Gasteiger partial charge on any atom is -0.294 e. The van der Waals surface area contributed by atoms with Crippen LogP contribution in [0.25, 0.3) is 11.4 Å². The summed E-state index contributed by atoms with van der Waals surface area (Å²) in [6.45, 7) is 1.88. The van der Waals surface area contributed by atoms with Gasteiger partial charge in [0.05, 0.1) is 5.02 Å². The van der Waals surface area contributed by atoms with Crippen molar-refractivity contribution >= 4 is 21.6 Å². The highest BCUT2D eigenvalue weighted by Crippen LogP contribution is 2.41. The van der Waals surface area contributed by atoms with Crippen LogP contribution in [0.2, 0.25) is 5.02 Å². The lowest BCUT2D eigenvalue weighted by atomic mass is 10.1. The maximum atomic E-state index is 11.6. The molecule has 1 aliphatic carbocycles. The first-order valence-electron chi connectivity index (χ1n) is 6.13. The summed E-state index contributed by atoms with van der Waals surface area (Å²) < 4.78 is 24.8. The van der Waals surface area contributed by atoms with E-state index in [0.29, 0.717) is 16.4 Å². The summed E-state index contributed by atoms with van der Waals surface area (Å²) in [5.41, 5.74) is 1.56. The quantitative estimate of drug-likeness (QED) is 0.937. The highest BCUT2D eigenvalue weighted by molar-refractivity contribution is 7.89. The molecular weight excluding hydrogens is 300 g/mol. The van der Waals surface area contributed by atoms with Crippen molar-refractivity contribution in [1.29, 1.82) is 0 Å². The van der Waals surface area contributed by atoms with Gasteiger partial charge in [-0.05, 0) is 31.4 Å². The lowest BCUT2D eigenvalue weighted by Gasteiger charge is -2.10. The fourth-order valence-corrected chi connectivity index (χ4v) is 3.01. The zero-order valence-electron chi connectivity index (χ0n) is 10.7. The van der Waals surface area contributed by atoms with Crippen LogP contribution in [0.1, 0.15) is 24.4 Å². The van der Waals surface area contributed by atoms with Crippen molar-refractivity contribution < 1.29 is 8.42 Å². The molecule has 20 heavy (non-hydrogen) atoms. The third-order valence-corrected chi connectivity index (χ3v) is 4.55. The van der Waals surface area contributed by atoms with Crippen molar-refractivity contribution in [2.45, 2.75) is 31.0 Å². The Balaban J connectivity index is 2.25. The van der Waals surface area contributed by atoms with Crippen LogP contribution in [-0.2, 0) is 10.0 Å². The third-order valence-electron chi connectivity index (χ3n) is 3.26. The molecule has 1 aromatic carbocycles. The molecule has 0 saturated heterocycles. The Labute approximate surface area is 121 Å². The van der Waals surface area contributed by atoms with Crippen LogP contribution >= 0.6 is 11.6 Å². The lowest BCUT2D eigenvalue weighted by molar-refractivity contribution is 0.567. The van der Waals surface area contributed by atoms with Gasteiger partial charge < -0.3 is 0 Å². The minimum atomic E-state index is -3.90. The molecule has 1 fully saturated rings. The number of sulfonamides is 1. The molecule has 0 atom stereocenters. The molecule has 8 heteroatoms. The summed E-state index contributed by atoms with van der Waals surface area (Å²) in [7, 11) is -3.90. The van der Waals surface area contributed by atoms with Crippen molar-refractivity contribution in [3.8, 4) is 11.4 Å². The van der Waals surface area contributed by atoms with Gasteiger partial charge in [0.2, 0.25) is 0 Å². The molecule has 6 nitrogen and oxygen atoms in total. The number of primary sulfonamides is 1. The molecule has 106 valence electrons. The number of benzene rings is 1. The zero-order chi connectivity index (χ0) is 14.5. The number of halogens is 1. The second kappa shape index (κ2) is 4.54. The van der Waals surface area contributed by atoms with Crippen LogP contribution in [0.4, 0.5) is 0 Å². The largest absolute Gasteiger partial charge is 0.294 e. The highest BCUT2D eigenvalue weighted by atomic mass is 35.5. The fourth-order valence-electron chi connectivity index (χ4n) is 2.14. The van der Waals surface area contributed by atoms with Gasteiger partial charge in [0.25, 0.3) is 15.2 Å². The van der Waals surface area contributed by atoms with E-state index >= 15 is 0 Å². The van der Waals surface area contributed by atoms with E-state index in [4.69, 9.17) is 16.7 Å². The number of hydrogen-bond donors (Lipinski definition) is 1. The molecule has 2 N–H and O–H groups in total. The van der Waals surface area contributed by atoms with E-state index in [-0.39, 0.29) is 11.2 Å². The normalized spacial score (nSPS) is 15.6. The van der Waals surface area contributed by atoms with Crippen LogP contribution in [0.15, 0.2) is 23.4 Å². The van der Waals surface area contributed by atoms with Gasteiger partial charge in [0.15, 0.2) is 5.82 Å². The van der Waals surface area contributed by atoms with Crippen molar-refractivity contribution in [3.63, 3.8) is 0 Å². The maximum Gasteiger partial charge on any atom is 0.273 e. The number of nitrogens with two attached hydrogens (primary N) is 1. The number of aryl methyl sites for hydroxylation is 1. The first-order valence-corrected chi connectivity index (χ1v) is 8.05. The van der Waals surface area contributed by atoms with E-state index in [0.717, 1.165) is 18.4 Å². The van der Waals surface area contributed by atoms with Crippen molar-refractivity contribution in [2.75, 3.05) is 0 Å². The molecule has 0 spiro atoms. The minimum absolute atomic E-state index is 0.0740. The van der Waals surface area contributed by atoms with Gasteiger partial charge >= 0.3 is 0 Å². The number of nitrogens with zero attached hydrogens (tertiary/aromatic N) is 3. The van der Waals surface area contributed by atoms with E-state index < -0.39 is 10.0 Å². The Bertz CT molecular complexity index is 781. The monoisotopic (exact) mass is 312 g/mol. The molecule has 1 saturated carbocycles. The molecule has 2 aromatic rings. The molecule has 0 unspecified atom stereocenters. The van der Waals surface area contributed by atoms with Gasteiger partial charge in [-0.1, -0.05) is 23.7 Å². The van der Waals surface area contributed by atoms with Crippen molar-refractivity contribution in [2.24, 2.45) is 5.14 Å². The predicted molar refractivity (Wildman–Crippen MR) is 74.8 cm³/mol. The highest BCUT2D eigenvalue weighted by Gasteiger charge is 2.34. The smallest absolute Gasteiger partial charge is 0.273 e. The summed E-state index contributed by atoms with van der Waals surface area (Å²) in [6, 6.07) is 5.60. The van der Waals surface area contributed by atoms with Gasteiger partial charge in [-0.2, -0.15) is 0 Å². The SMILES string of the molecule is Cc1cccc(-c2nnc(S(N)(=O)=O)n2C2CC2)c1Cl. The third kappa shape index (κ3) is 2.21. The Morgan fingerprint density at radius 1 is 1.35 bits per heavy atom. The topological polar surface area (TPSA) is 90.9 Å². The molecule has 0 amide bonds. The summed E-state index contributed by atoms with van der Waals surface area (Å²) in [5, 5.41) is 13.3. The molecule has 0 aliphatic heterocycles. The summed E-state index contributed by atoms with van der Waals surface area (Å²) >= 11 is 6.29. The second-order valence-electron chi connectivity index (χ2n) is 4.89. The summed E-state index contributed by atoms with van der Waals surface area (Å²) in [4.78, 5) is 0. The molecule has 1 aliphatic rings. The molecule has 1 heterocycles. The molecule has 0 radical (unpaired) electrons. The predicted octanol–water partition coefficient (Wildman–Crippen LogP) is 1.89. The number of rotatable bonds is 3. The standard InChI is InChI=1S/C12H13ClN4O2S/c1-7-3-2-4-9(10(7)13)11-15-16-12(20(14,18)19)17(11)8-5-6-8/h2-4,8H,5-6H2,1H3,(H2,14,18,19). The van der Waals surface area contributed by atoms with Gasteiger partial charge in [-0.25, -0.2) is 13.6 Å². The molecule has 0 bridgehead atoms. The Morgan fingerprint density at radius 2 is 2.05 bits per heavy atom. The van der Waals surface area contributed by atoms with E-state index in [9.17, 15) is 8.42 Å². The average molecular weight is 313 g/mol. The maximum absolute atomic E-state index is 11.6. The van der Waals surface area contributed by atoms with Gasteiger partial charge in [-0.15, -0.1) is 10.2 Å². The molecular formula is C12H13ClN4O2S. The van der Waals surface area contributed by atoms with Crippen LogP contribution < -0.4 is 5.14 Å². The van der Waals surface area contributed by atoms with Gasteiger partial charge in [0, 0.05) is 11.6 Å². The van der Waals surface area contributed by atoms with E-state index in [1.54, 1.807) is 10.6 Å². The number of aromatic nitrogens is 3. The second-order valence-corrected chi connectivity index (χ2v) is 6.72. The Kier molecular flexibility index (Phi) is 3.07. The lowest BCUT2D eigenvalue weighted by Crippen LogP contribution is -2.18. The molecule has 3 rings (SSSR count). The van der Waals surface area contributed by atoms with Crippen LogP contribution in [0.3, 0.4) is 0 Å². The van der Waals surface area contributed by atoms with E-state index in [2.05, 4.69) is 10.2 Å². The number of hydrogen-bond acceptors (Lipinski definition) is 4.